The van der Waals surface area contributed by atoms with Gasteiger partial charge in [-0.2, -0.15) is 5.10 Å². The van der Waals surface area contributed by atoms with E-state index in [9.17, 15) is 0 Å². The Bertz CT molecular complexity index is 331. The zero-order chi connectivity index (χ0) is 14.1. The fourth-order valence-electron chi connectivity index (χ4n) is 2.34. The van der Waals surface area contributed by atoms with Gasteiger partial charge >= 0.3 is 0 Å². The van der Waals surface area contributed by atoms with Gasteiger partial charge in [0.2, 0.25) is 0 Å². The SMILES string of the molecule is CCN(CC)CCCC(C)NCc1ccnn1CC. The molecular formula is C15H30N4. The van der Waals surface area contributed by atoms with Crippen molar-refractivity contribution in [3.63, 3.8) is 0 Å². The van der Waals surface area contributed by atoms with Crippen molar-refractivity contribution in [2.75, 3.05) is 19.6 Å². The first-order valence-electron chi connectivity index (χ1n) is 7.67. The van der Waals surface area contributed by atoms with Gasteiger partial charge in [-0.1, -0.05) is 13.8 Å². The molecule has 1 aromatic rings. The number of rotatable bonds is 10. The van der Waals surface area contributed by atoms with Gasteiger partial charge in [0, 0.05) is 25.3 Å². The van der Waals surface area contributed by atoms with E-state index in [1.165, 1.54) is 25.1 Å². The molecule has 1 atom stereocenters. The number of aryl methyl sites for hydroxylation is 1. The first-order valence-corrected chi connectivity index (χ1v) is 7.67. The Hall–Kier alpha value is -0.870. The number of nitrogens with zero attached hydrogens (tertiary/aromatic N) is 3. The Morgan fingerprint density at radius 2 is 2.05 bits per heavy atom. The van der Waals surface area contributed by atoms with E-state index in [-0.39, 0.29) is 0 Å². The second kappa shape index (κ2) is 9.10. The lowest BCUT2D eigenvalue weighted by Crippen LogP contribution is -2.29. The minimum Gasteiger partial charge on any atom is -0.309 e. The summed E-state index contributed by atoms with van der Waals surface area (Å²) in [7, 11) is 0. The van der Waals surface area contributed by atoms with Gasteiger partial charge in [0.1, 0.15) is 0 Å². The Morgan fingerprint density at radius 1 is 1.32 bits per heavy atom. The van der Waals surface area contributed by atoms with Gasteiger partial charge in [0.05, 0.1) is 5.69 Å². The quantitative estimate of drug-likeness (QED) is 0.706. The summed E-state index contributed by atoms with van der Waals surface area (Å²) >= 11 is 0. The van der Waals surface area contributed by atoms with Crippen LogP contribution in [0.3, 0.4) is 0 Å². The van der Waals surface area contributed by atoms with Crippen molar-refractivity contribution in [1.82, 2.24) is 20.0 Å². The molecule has 1 heterocycles. The Morgan fingerprint density at radius 3 is 2.68 bits per heavy atom. The van der Waals surface area contributed by atoms with E-state index in [0.29, 0.717) is 6.04 Å². The van der Waals surface area contributed by atoms with Crippen molar-refractivity contribution in [3.05, 3.63) is 18.0 Å². The lowest BCUT2D eigenvalue weighted by atomic mass is 10.1. The van der Waals surface area contributed by atoms with Crippen LogP contribution in [0.5, 0.6) is 0 Å². The number of nitrogens with one attached hydrogen (secondary N) is 1. The molecule has 0 aliphatic heterocycles. The van der Waals surface area contributed by atoms with Gasteiger partial charge in [0.15, 0.2) is 0 Å². The molecule has 0 saturated carbocycles. The Balaban J connectivity index is 2.19. The highest BCUT2D eigenvalue weighted by atomic mass is 15.3. The fraction of sp³-hybridized carbons (Fsp3) is 0.800. The highest BCUT2D eigenvalue weighted by Gasteiger charge is 2.05. The van der Waals surface area contributed by atoms with E-state index < -0.39 is 0 Å². The van der Waals surface area contributed by atoms with Crippen LogP contribution in [0.2, 0.25) is 0 Å². The predicted octanol–water partition coefficient (Wildman–Crippen LogP) is 2.50. The summed E-state index contributed by atoms with van der Waals surface area (Å²) in [6.07, 6.45) is 4.38. The standard InChI is InChI=1S/C15H30N4/c1-5-18(6-2)12-8-9-14(4)16-13-15-10-11-17-19(15)7-3/h10-11,14,16H,5-9,12-13H2,1-4H3. The third-order valence-electron chi connectivity index (χ3n) is 3.74. The van der Waals surface area contributed by atoms with Crippen molar-refractivity contribution >= 4 is 0 Å². The minimum atomic E-state index is 0.566. The van der Waals surface area contributed by atoms with Gasteiger partial charge in [-0.25, -0.2) is 0 Å². The summed E-state index contributed by atoms with van der Waals surface area (Å²) in [6, 6.07) is 2.66. The Labute approximate surface area is 118 Å². The summed E-state index contributed by atoms with van der Waals surface area (Å²) < 4.78 is 2.05. The van der Waals surface area contributed by atoms with Crippen molar-refractivity contribution in [2.45, 2.75) is 59.7 Å². The molecule has 1 unspecified atom stereocenters. The zero-order valence-electron chi connectivity index (χ0n) is 13.0. The van der Waals surface area contributed by atoms with Crippen LogP contribution in [0.4, 0.5) is 0 Å². The van der Waals surface area contributed by atoms with Crippen molar-refractivity contribution in [2.24, 2.45) is 0 Å². The van der Waals surface area contributed by atoms with Crippen LogP contribution in [0.25, 0.3) is 0 Å². The summed E-state index contributed by atoms with van der Waals surface area (Å²) in [6.45, 7) is 14.3. The second-order valence-electron chi connectivity index (χ2n) is 5.09. The molecule has 0 bridgehead atoms. The van der Waals surface area contributed by atoms with E-state index in [1.54, 1.807) is 0 Å². The molecule has 0 aromatic carbocycles. The van der Waals surface area contributed by atoms with E-state index in [4.69, 9.17) is 0 Å². The molecule has 0 aliphatic rings. The maximum absolute atomic E-state index is 4.29. The van der Waals surface area contributed by atoms with Gasteiger partial charge in [-0.3, -0.25) is 4.68 Å². The molecule has 1 rings (SSSR count). The van der Waals surface area contributed by atoms with Crippen LogP contribution in [0.1, 0.15) is 46.2 Å². The van der Waals surface area contributed by atoms with Gasteiger partial charge < -0.3 is 10.2 Å². The summed E-state index contributed by atoms with van der Waals surface area (Å²) in [5.74, 6) is 0. The van der Waals surface area contributed by atoms with E-state index in [2.05, 4.69) is 53.8 Å². The molecule has 1 aromatic heterocycles. The maximum Gasteiger partial charge on any atom is 0.0522 e. The molecule has 0 saturated heterocycles. The smallest absolute Gasteiger partial charge is 0.0522 e. The molecule has 0 fully saturated rings. The van der Waals surface area contributed by atoms with Gasteiger partial charge in [-0.15, -0.1) is 0 Å². The zero-order valence-corrected chi connectivity index (χ0v) is 13.0. The van der Waals surface area contributed by atoms with Gasteiger partial charge in [0.25, 0.3) is 0 Å². The molecule has 0 amide bonds. The fourth-order valence-corrected chi connectivity index (χ4v) is 2.34. The van der Waals surface area contributed by atoms with Crippen LogP contribution in [-0.4, -0.2) is 40.4 Å². The van der Waals surface area contributed by atoms with Crippen LogP contribution < -0.4 is 5.32 Å². The topological polar surface area (TPSA) is 33.1 Å². The van der Waals surface area contributed by atoms with Crippen LogP contribution in [0, 0.1) is 0 Å². The lowest BCUT2D eigenvalue weighted by Gasteiger charge is -2.19. The normalized spacial score (nSPS) is 13.1. The first-order chi connectivity index (χ1) is 9.21. The van der Waals surface area contributed by atoms with Crippen LogP contribution >= 0.6 is 0 Å². The summed E-state index contributed by atoms with van der Waals surface area (Å²) in [5, 5.41) is 7.88. The predicted molar refractivity (Wildman–Crippen MR) is 81.2 cm³/mol. The van der Waals surface area contributed by atoms with Crippen molar-refractivity contribution in [3.8, 4) is 0 Å². The van der Waals surface area contributed by atoms with E-state index in [0.717, 1.165) is 26.2 Å². The minimum absolute atomic E-state index is 0.566. The average Bonchev–Trinajstić information content (AvgIpc) is 2.88. The van der Waals surface area contributed by atoms with E-state index in [1.807, 2.05) is 6.20 Å². The molecule has 19 heavy (non-hydrogen) atoms. The molecule has 0 spiro atoms. The molecule has 4 nitrogen and oxygen atoms in total. The molecular weight excluding hydrogens is 236 g/mol. The monoisotopic (exact) mass is 266 g/mol. The average molecular weight is 266 g/mol. The molecule has 0 aliphatic carbocycles. The molecule has 0 radical (unpaired) electrons. The third kappa shape index (κ3) is 5.74. The van der Waals surface area contributed by atoms with Gasteiger partial charge in [-0.05, 0) is 52.4 Å². The molecule has 1 N–H and O–H groups in total. The largest absolute Gasteiger partial charge is 0.309 e. The van der Waals surface area contributed by atoms with E-state index >= 15 is 0 Å². The van der Waals surface area contributed by atoms with Crippen molar-refractivity contribution in [1.29, 1.82) is 0 Å². The number of hydrogen-bond acceptors (Lipinski definition) is 3. The number of hydrogen-bond donors (Lipinski definition) is 1. The maximum atomic E-state index is 4.29. The second-order valence-corrected chi connectivity index (χ2v) is 5.09. The summed E-state index contributed by atoms with van der Waals surface area (Å²) in [5.41, 5.74) is 1.28. The van der Waals surface area contributed by atoms with Crippen molar-refractivity contribution < 1.29 is 0 Å². The first kappa shape index (κ1) is 16.2. The highest BCUT2D eigenvalue weighted by molar-refractivity contribution is 5.00. The summed E-state index contributed by atoms with van der Waals surface area (Å²) in [4.78, 5) is 2.48. The van der Waals surface area contributed by atoms with Crippen LogP contribution in [-0.2, 0) is 13.1 Å². The Kier molecular flexibility index (Phi) is 7.75. The van der Waals surface area contributed by atoms with Crippen LogP contribution in [0.15, 0.2) is 12.3 Å². The third-order valence-corrected chi connectivity index (χ3v) is 3.74. The molecule has 110 valence electrons. The highest BCUT2D eigenvalue weighted by Crippen LogP contribution is 2.03. The molecule has 4 heteroatoms. The number of aromatic nitrogens is 2. The lowest BCUT2D eigenvalue weighted by molar-refractivity contribution is 0.290.